The summed E-state index contributed by atoms with van der Waals surface area (Å²) < 4.78 is 3.80. The lowest BCUT2D eigenvalue weighted by Crippen LogP contribution is -1.99. The molecule has 0 saturated carbocycles. The van der Waals surface area contributed by atoms with Gasteiger partial charge >= 0.3 is 0 Å². The highest BCUT2D eigenvalue weighted by Gasteiger charge is 2.00. The van der Waals surface area contributed by atoms with E-state index in [2.05, 4.69) is 15.2 Å². The molecule has 3 rings (SSSR count). The average Bonchev–Trinajstić information content (AvgIpc) is 3.06. The number of aromatic nitrogens is 3. The van der Waals surface area contributed by atoms with Crippen molar-refractivity contribution in [2.24, 2.45) is 10.2 Å². The Kier molecular flexibility index (Phi) is 4.42. The van der Waals surface area contributed by atoms with Gasteiger partial charge in [-0.15, -0.1) is 0 Å². The molecular formula is C19H21N5. The fraction of sp³-hybridized carbons (Fsp3) is 0.211. The fourth-order valence-corrected chi connectivity index (χ4v) is 2.53. The maximum Gasteiger partial charge on any atom is 0.0838 e. The lowest BCUT2D eigenvalue weighted by Gasteiger charge is -2.02. The van der Waals surface area contributed by atoms with Crippen LogP contribution in [0.3, 0.4) is 0 Å². The first kappa shape index (κ1) is 15.9. The predicted molar refractivity (Wildman–Crippen MR) is 98.0 cm³/mol. The van der Waals surface area contributed by atoms with E-state index in [1.54, 1.807) is 12.4 Å². The van der Waals surface area contributed by atoms with Crippen LogP contribution in [0.1, 0.15) is 34.2 Å². The van der Waals surface area contributed by atoms with Crippen LogP contribution in [0, 0.1) is 27.7 Å². The quantitative estimate of drug-likeness (QED) is 0.677. The van der Waals surface area contributed by atoms with Crippen molar-refractivity contribution in [1.82, 2.24) is 14.3 Å². The Labute approximate surface area is 142 Å². The van der Waals surface area contributed by atoms with Gasteiger partial charge in [-0.05, 0) is 64.1 Å². The van der Waals surface area contributed by atoms with Gasteiger partial charge in [-0.1, -0.05) is 6.07 Å². The fourth-order valence-electron chi connectivity index (χ4n) is 2.53. The van der Waals surface area contributed by atoms with Crippen molar-refractivity contribution < 1.29 is 0 Å². The maximum atomic E-state index is 4.57. The number of rotatable bonds is 4. The highest BCUT2D eigenvalue weighted by atomic mass is 15.4. The molecule has 0 aromatic carbocycles. The number of nitrogens with zero attached hydrogens (tertiary/aromatic N) is 5. The summed E-state index contributed by atoms with van der Waals surface area (Å²) in [4.78, 5) is 4.57. The van der Waals surface area contributed by atoms with Gasteiger partial charge in [0, 0.05) is 22.8 Å². The summed E-state index contributed by atoms with van der Waals surface area (Å²) in [6.45, 7) is 8.12. The highest BCUT2D eigenvalue weighted by molar-refractivity contribution is 5.81. The second kappa shape index (κ2) is 6.66. The van der Waals surface area contributed by atoms with E-state index in [4.69, 9.17) is 0 Å². The van der Waals surface area contributed by atoms with E-state index < -0.39 is 0 Å². The van der Waals surface area contributed by atoms with Gasteiger partial charge in [-0.2, -0.15) is 10.2 Å². The van der Waals surface area contributed by atoms with Crippen molar-refractivity contribution in [1.29, 1.82) is 0 Å². The molecule has 0 fully saturated rings. The van der Waals surface area contributed by atoms with E-state index in [9.17, 15) is 0 Å². The summed E-state index contributed by atoms with van der Waals surface area (Å²) in [6, 6.07) is 14.0. The Morgan fingerprint density at radius 1 is 0.667 bits per heavy atom. The molecule has 0 radical (unpaired) electrons. The minimum atomic E-state index is 0.799. The van der Waals surface area contributed by atoms with E-state index in [0.29, 0.717) is 0 Å². The molecule has 0 aliphatic carbocycles. The molecule has 0 unspecified atom stereocenters. The van der Waals surface area contributed by atoms with Gasteiger partial charge in [0.05, 0.1) is 23.8 Å². The summed E-state index contributed by atoms with van der Waals surface area (Å²) >= 11 is 0. The molecule has 0 N–H and O–H groups in total. The van der Waals surface area contributed by atoms with Gasteiger partial charge < -0.3 is 0 Å². The van der Waals surface area contributed by atoms with Crippen LogP contribution in [0.5, 0.6) is 0 Å². The smallest absolute Gasteiger partial charge is 0.0838 e. The van der Waals surface area contributed by atoms with Crippen LogP contribution in [-0.2, 0) is 0 Å². The number of pyridine rings is 1. The zero-order valence-corrected chi connectivity index (χ0v) is 14.4. The summed E-state index contributed by atoms with van der Waals surface area (Å²) in [5, 5.41) is 8.99. The number of hydrogen-bond acceptors (Lipinski definition) is 3. The van der Waals surface area contributed by atoms with Crippen LogP contribution in [0.15, 0.2) is 52.7 Å². The van der Waals surface area contributed by atoms with Gasteiger partial charge in [-0.25, -0.2) is 14.3 Å². The first-order valence-electron chi connectivity index (χ1n) is 7.90. The van der Waals surface area contributed by atoms with Crippen molar-refractivity contribution in [3.63, 3.8) is 0 Å². The van der Waals surface area contributed by atoms with Crippen LogP contribution < -0.4 is 0 Å². The molecule has 5 nitrogen and oxygen atoms in total. The van der Waals surface area contributed by atoms with E-state index in [1.807, 2.05) is 79.5 Å². The Bertz CT molecular complexity index is 801. The third-order valence-corrected chi connectivity index (χ3v) is 3.87. The minimum absolute atomic E-state index is 0.799. The second-order valence-corrected chi connectivity index (χ2v) is 5.83. The minimum Gasteiger partial charge on any atom is -0.246 e. The zero-order chi connectivity index (χ0) is 17.1. The molecule has 122 valence electrons. The first-order valence-corrected chi connectivity index (χ1v) is 7.90. The van der Waals surface area contributed by atoms with Crippen LogP contribution in [0.4, 0.5) is 0 Å². The van der Waals surface area contributed by atoms with Crippen molar-refractivity contribution in [2.45, 2.75) is 27.7 Å². The molecule has 5 heteroatoms. The summed E-state index contributed by atoms with van der Waals surface area (Å²) in [5.41, 5.74) is 5.99. The summed E-state index contributed by atoms with van der Waals surface area (Å²) in [6.07, 6.45) is 3.53. The van der Waals surface area contributed by atoms with Gasteiger partial charge in [0.2, 0.25) is 0 Å². The van der Waals surface area contributed by atoms with E-state index >= 15 is 0 Å². The second-order valence-electron chi connectivity index (χ2n) is 5.83. The largest absolute Gasteiger partial charge is 0.246 e. The Hall–Kier alpha value is -2.95. The molecule has 3 aromatic rings. The molecule has 24 heavy (non-hydrogen) atoms. The monoisotopic (exact) mass is 319 g/mol. The molecule has 3 heterocycles. The Morgan fingerprint density at radius 2 is 1.04 bits per heavy atom. The van der Waals surface area contributed by atoms with E-state index in [0.717, 1.165) is 34.2 Å². The Morgan fingerprint density at radius 3 is 1.42 bits per heavy atom. The van der Waals surface area contributed by atoms with Crippen LogP contribution in [0.2, 0.25) is 0 Å². The van der Waals surface area contributed by atoms with Crippen molar-refractivity contribution in [2.75, 3.05) is 0 Å². The molecule has 0 amide bonds. The third kappa shape index (κ3) is 3.35. The first-order chi connectivity index (χ1) is 11.5. The van der Waals surface area contributed by atoms with E-state index in [1.165, 1.54) is 0 Å². The molecule has 0 bridgehead atoms. The van der Waals surface area contributed by atoms with Crippen molar-refractivity contribution >= 4 is 12.4 Å². The molecule has 0 aliphatic rings. The Balaban J connectivity index is 1.82. The lowest BCUT2D eigenvalue weighted by atomic mass is 10.3. The summed E-state index contributed by atoms with van der Waals surface area (Å²) in [5.74, 6) is 0. The van der Waals surface area contributed by atoms with Crippen LogP contribution in [0.25, 0.3) is 0 Å². The number of aryl methyl sites for hydroxylation is 4. The van der Waals surface area contributed by atoms with Gasteiger partial charge in [0.25, 0.3) is 0 Å². The summed E-state index contributed by atoms with van der Waals surface area (Å²) in [7, 11) is 0. The third-order valence-electron chi connectivity index (χ3n) is 3.87. The van der Waals surface area contributed by atoms with Gasteiger partial charge in [0.1, 0.15) is 0 Å². The number of hydrogen-bond donors (Lipinski definition) is 0. The topological polar surface area (TPSA) is 47.5 Å². The van der Waals surface area contributed by atoms with Crippen molar-refractivity contribution in [3.05, 3.63) is 76.6 Å². The zero-order valence-electron chi connectivity index (χ0n) is 14.4. The van der Waals surface area contributed by atoms with Crippen molar-refractivity contribution in [3.8, 4) is 0 Å². The van der Waals surface area contributed by atoms with Gasteiger partial charge in [-0.3, -0.25) is 0 Å². The SMILES string of the molecule is Cc1ccc(C)n1/N=C\c1cccc(/C=N\n2c(C)ccc2C)n1. The molecule has 3 aromatic heterocycles. The highest BCUT2D eigenvalue weighted by Crippen LogP contribution is 2.07. The molecule has 0 saturated heterocycles. The molecule has 0 aliphatic heterocycles. The molecule has 0 atom stereocenters. The average molecular weight is 319 g/mol. The lowest BCUT2D eigenvalue weighted by molar-refractivity contribution is 0.816. The predicted octanol–water partition coefficient (Wildman–Crippen LogP) is 3.68. The standard InChI is InChI=1S/C19H21N5/c1-14-8-9-15(2)23(14)20-12-18-6-5-7-19(22-18)13-21-24-16(3)10-11-17(24)4/h5-13H,1-4H3/b20-12-,21-13-. The molecular weight excluding hydrogens is 298 g/mol. The van der Waals surface area contributed by atoms with Gasteiger partial charge in [0.15, 0.2) is 0 Å². The maximum absolute atomic E-state index is 4.57. The van der Waals surface area contributed by atoms with E-state index in [-0.39, 0.29) is 0 Å². The normalized spacial score (nSPS) is 11.8. The van der Waals surface area contributed by atoms with Crippen LogP contribution in [-0.4, -0.2) is 26.8 Å². The molecule has 0 spiro atoms. The van der Waals surface area contributed by atoms with Crippen LogP contribution >= 0.6 is 0 Å².